The largest absolute Gasteiger partial charge is 0.459 e. The van der Waals surface area contributed by atoms with E-state index in [-0.39, 0.29) is 11.0 Å². The molecule has 0 spiro atoms. The minimum absolute atomic E-state index is 0.0427. The maximum Gasteiger partial charge on any atom is 0.338 e. The second kappa shape index (κ2) is 7.66. The van der Waals surface area contributed by atoms with Gasteiger partial charge in [-0.05, 0) is 56.7 Å². The van der Waals surface area contributed by atoms with Crippen molar-refractivity contribution in [1.29, 1.82) is 0 Å². The molecule has 0 N–H and O–H groups in total. The molecule has 0 bridgehead atoms. The highest BCUT2D eigenvalue weighted by Crippen LogP contribution is 2.24. The number of hydrogen-bond donors (Lipinski definition) is 0. The van der Waals surface area contributed by atoms with Gasteiger partial charge in [-0.15, -0.1) is 0 Å². The fraction of sp³-hybridized carbons (Fsp3) is 0.611. The van der Waals surface area contributed by atoms with E-state index < -0.39 is 16.0 Å². The van der Waals surface area contributed by atoms with Crippen molar-refractivity contribution in [2.45, 2.75) is 62.4 Å². The molecule has 2 aliphatic rings. The summed E-state index contributed by atoms with van der Waals surface area (Å²) in [6, 6.07) is 6.25. The summed E-state index contributed by atoms with van der Waals surface area (Å²) in [5, 5.41) is 0. The molecule has 0 unspecified atom stereocenters. The van der Waals surface area contributed by atoms with Crippen molar-refractivity contribution < 1.29 is 17.9 Å². The highest BCUT2D eigenvalue weighted by atomic mass is 32.2. The van der Waals surface area contributed by atoms with E-state index in [1.807, 2.05) is 0 Å². The zero-order valence-corrected chi connectivity index (χ0v) is 14.8. The zero-order chi connectivity index (χ0) is 17.0. The van der Waals surface area contributed by atoms with Gasteiger partial charge in [-0.1, -0.05) is 18.9 Å². The van der Waals surface area contributed by atoms with Crippen LogP contribution < -0.4 is 0 Å². The third-order valence-electron chi connectivity index (χ3n) is 4.85. The van der Waals surface area contributed by atoms with Crippen LogP contribution in [0.25, 0.3) is 0 Å². The van der Waals surface area contributed by atoms with E-state index in [9.17, 15) is 13.2 Å². The molecule has 0 aromatic heterocycles. The zero-order valence-electron chi connectivity index (χ0n) is 13.9. The molecule has 1 aromatic rings. The topological polar surface area (TPSA) is 63.7 Å². The molecule has 1 aromatic carbocycles. The van der Waals surface area contributed by atoms with E-state index in [0.717, 1.165) is 38.5 Å². The van der Waals surface area contributed by atoms with Gasteiger partial charge in [0, 0.05) is 13.1 Å². The second-order valence-corrected chi connectivity index (χ2v) is 8.60. The molecule has 0 amide bonds. The molecule has 2 fully saturated rings. The van der Waals surface area contributed by atoms with Gasteiger partial charge < -0.3 is 4.74 Å². The molecule has 24 heavy (non-hydrogen) atoms. The Balaban J connectivity index is 1.73. The molecule has 0 atom stereocenters. The first-order valence-electron chi connectivity index (χ1n) is 8.88. The Labute approximate surface area is 144 Å². The van der Waals surface area contributed by atoms with Crippen molar-refractivity contribution in [3.8, 4) is 0 Å². The average molecular weight is 351 g/mol. The summed E-state index contributed by atoms with van der Waals surface area (Å²) in [4.78, 5) is 12.6. The van der Waals surface area contributed by atoms with Crippen LogP contribution in [0.15, 0.2) is 29.2 Å². The van der Waals surface area contributed by atoms with Crippen LogP contribution in [0.2, 0.25) is 0 Å². The maximum absolute atomic E-state index is 12.6. The quantitative estimate of drug-likeness (QED) is 0.616. The van der Waals surface area contributed by atoms with Gasteiger partial charge in [-0.2, -0.15) is 4.31 Å². The van der Waals surface area contributed by atoms with Crippen molar-refractivity contribution in [2.75, 3.05) is 13.1 Å². The number of carbonyl (C=O) groups is 1. The third-order valence-corrected chi connectivity index (χ3v) is 6.74. The number of nitrogens with zero attached hydrogens (tertiary/aromatic N) is 1. The predicted molar refractivity (Wildman–Crippen MR) is 91.3 cm³/mol. The van der Waals surface area contributed by atoms with Gasteiger partial charge in [-0.3, -0.25) is 0 Å². The first-order chi connectivity index (χ1) is 11.6. The molecule has 5 nitrogen and oxygen atoms in total. The van der Waals surface area contributed by atoms with Gasteiger partial charge in [0.05, 0.1) is 10.5 Å². The van der Waals surface area contributed by atoms with Gasteiger partial charge >= 0.3 is 5.97 Å². The van der Waals surface area contributed by atoms with Crippen LogP contribution in [0.1, 0.15) is 61.7 Å². The van der Waals surface area contributed by atoms with Crippen molar-refractivity contribution in [1.82, 2.24) is 4.31 Å². The summed E-state index contributed by atoms with van der Waals surface area (Å²) >= 11 is 0. The van der Waals surface area contributed by atoms with Crippen LogP contribution in [0.5, 0.6) is 0 Å². The lowest BCUT2D eigenvalue weighted by Gasteiger charge is -2.17. The van der Waals surface area contributed by atoms with Gasteiger partial charge in [-0.25, -0.2) is 13.2 Å². The molecule has 1 saturated carbocycles. The second-order valence-electron chi connectivity index (χ2n) is 6.66. The van der Waals surface area contributed by atoms with E-state index in [4.69, 9.17) is 4.74 Å². The normalized spacial score (nSPS) is 20.7. The number of benzene rings is 1. The number of esters is 1. The van der Waals surface area contributed by atoms with Crippen LogP contribution in [0, 0.1) is 0 Å². The summed E-state index contributed by atoms with van der Waals surface area (Å²) in [5.74, 6) is -0.416. The molecular weight excluding hydrogens is 326 g/mol. The number of rotatable bonds is 4. The molecule has 132 valence electrons. The minimum Gasteiger partial charge on any atom is -0.459 e. The third kappa shape index (κ3) is 3.98. The summed E-state index contributed by atoms with van der Waals surface area (Å²) in [7, 11) is -3.51. The summed E-state index contributed by atoms with van der Waals surface area (Å²) in [6.45, 7) is 1.11. The van der Waals surface area contributed by atoms with Crippen molar-refractivity contribution in [2.24, 2.45) is 0 Å². The summed E-state index contributed by atoms with van der Waals surface area (Å²) < 4.78 is 32.3. The summed E-state index contributed by atoms with van der Waals surface area (Å²) in [6.07, 6.45) is 8.09. The number of hydrogen-bond acceptors (Lipinski definition) is 4. The first-order valence-corrected chi connectivity index (χ1v) is 10.3. The fourth-order valence-electron chi connectivity index (χ4n) is 3.44. The summed E-state index contributed by atoms with van der Waals surface area (Å²) in [5.41, 5.74) is 0.319. The maximum atomic E-state index is 12.6. The SMILES string of the molecule is O=C(OC1CCCCCC1)c1cccc(S(=O)(=O)N2CCCC2)c1. The Morgan fingerprint density at radius 1 is 1.00 bits per heavy atom. The van der Waals surface area contributed by atoms with Crippen LogP contribution in [-0.2, 0) is 14.8 Å². The number of sulfonamides is 1. The lowest BCUT2D eigenvalue weighted by Crippen LogP contribution is -2.28. The number of carbonyl (C=O) groups excluding carboxylic acids is 1. The monoisotopic (exact) mass is 351 g/mol. The lowest BCUT2D eigenvalue weighted by molar-refractivity contribution is 0.0267. The van der Waals surface area contributed by atoms with E-state index in [0.29, 0.717) is 18.7 Å². The fourth-order valence-corrected chi connectivity index (χ4v) is 5.00. The van der Waals surface area contributed by atoms with Crippen molar-refractivity contribution >= 4 is 16.0 Å². The van der Waals surface area contributed by atoms with Gasteiger partial charge in [0.2, 0.25) is 10.0 Å². The first kappa shape index (κ1) is 17.4. The van der Waals surface area contributed by atoms with Crippen LogP contribution >= 0.6 is 0 Å². The van der Waals surface area contributed by atoms with Gasteiger partial charge in [0.1, 0.15) is 6.10 Å². The molecule has 1 aliphatic heterocycles. The molecule has 0 radical (unpaired) electrons. The molecular formula is C18H25NO4S. The Morgan fingerprint density at radius 2 is 1.67 bits per heavy atom. The van der Waals surface area contributed by atoms with Crippen molar-refractivity contribution in [3.63, 3.8) is 0 Å². The molecule has 6 heteroatoms. The highest BCUT2D eigenvalue weighted by molar-refractivity contribution is 7.89. The van der Waals surface area contributed by atoms with E-state index >= 15 is 0 Å². The van der Waals surface area contributed by atoms with Crippen LogP contribution in [-0.4, -0.2) is 37.9 Å². The predicted octanol–water partition coefficient (Wildman–Crippen LogP) is 3.35. The Hall–Kier alpha value is -1.40. The average Bonchev–Trinajstić information content (AvgIpc) is 3.02. The Kier molecular flexibility index (Phi) is 5.56. The van der Waals surface area contributed by atoms with E-state index in [2.05, 4.69) is 0 Å². The standard InChI is InChI=1S/C18H25NO4S/c20-18(23-16-9-3-1-2-4-10-16)15-8-7-11-17(14-15)24(21,22)19-12-5-6-13-19/h7-8,11,14,16H,1-6,9-10,12-13H2. The van der Waals surface area contributed by atoms with Gasteiger partial charge in [0.15, 0.2) is 0 Å². The van der Waals surface area contributed by atoms with Crippen LogP contribution in [0.4, 0.5) is 0 Å². The van der Waals surface area contributed by atoms with Gasteiger partial charge in [0.25, 0.3) is 0 Å². The van der Waals surface area contributed by atoms with Crippen LogP contribution in [0.3, 0.4) is 0 Å². The molecule has 1 heterocycles. The molecule has 3 rings (SSSR count). The molecule has 1 aliphatic carbocycles. The lowest BCUT2D eigenvalue weighted by atomic mass is 10.1. The van der Waals surface area contributed by atoms with E-state index in [1.54, 1.807) is 18.2 Å². The number of ether oxygens (including phenoxy) is 1. The van der Waals surface area contributed by atoms with Crippen molar-refractivity contribution in [3.05, 3.63) is 29.8 Å². The molecule has 1 saturated heterocycles. The minimum atomic E-state index is -3.51. The Morgan fingerprint density at radius 3 is 2.33 bits per heavy atom. The smallest absolute Gasteiger partial charge is 0.338 e. The highest BCUT2D eigenvalue weighted by Gasteiger charge is 2.28. The van der Waals surface area contributed by atoms with E-state index in [1.165, 1.54) is 23.2 Å². The Bertz CT molecular complexity index is 672.